The predicted molar refractivity (Wildman–Crippen MR) is 53.4 cm³/mol. The Kier molecular flexibility index (Phi) is 3.10. The largest absolute Gasteiger partial charge is 0.381 e. The van der Waals surface area contributed by atoms with Crippen molar-refractivity contribution in [3.63, 3.8) is 0 Å². The lowest BCUT2D eigenvalue weighted by molar-refractivity contribution is -0.0425. The van der Waals surface area contributed by atoms with Crippen LogP contribution in [-0.2, 0) is 14.2 Å². The van der Waals surface area contributed by atoms with Crippen LogP contribution in [0.2, 0.25) is 0 Å². The van der Waals surface area contributed by atoms with Crippen molar-refractivity contribution in [3.05, 3.63) is 0 Å². The van der Waals surface area contributed by atoms with Gasteiger partial charge >= 0.3 is 0 Å². The fourth-order valence-corrected chi connectivity index (χ4v) is 1.97. The van der Waals surface area contributed by atoms with E-state index in [4.69, 9.17) is 14.2 Å². The number of hydrogen-bond donors (Lipinski definition) is 0. The van der Waals surface area contributed by atoms with Gasteiger partial charge in [-0.15, -0.1) is 0 Å². The highest BCUT2D eigenvalue weighted by molar-refractivity contribution is 4.87. The summed E-state index contributed by atoms with van der Waals surface area (Å²) < 4.78 is 16.5. The molecule has 0 aromatic heterocycles. The lowest BCUT2D eigenvalue weighted by atomic mass is 9.95. The summed E-state index contributed by atoms with van der Waals surface area (Å²) in [6, 6.07) is 0. The number of methoxy groups -OCH3 is 1. The zero-order chi connectivity index (χ0) is 10.0. The Morgan fingerprint density at radius 1 is 1.36 bits per heavy atom. The zero-order valence-corrected chi connectivity index (χ0v) is 9.12. The van der Waals surface area contributed by atoms with Crippen LogP contribution in [0.15, 0.2) is 0 Å². The van der Waals surface area contributed by atoms with E-state index < -0.39 is 0 Å². The molecule has 2 aliphatic rings. The molecule has 3 nitrogen and oxygen atoms in total. The monoisotopic (exact) mass is 200 g/mol. The second kappa shape index (κ2) is 4.17. The Bertz CT molecular complexity index is 189. The fourth-order valence-electron chi connectivity index (χ4n) is 1.97. The smallest absolute Gasteiger partial charge is 0.112 e. The topological polar surface area (TPSA) is 31.0 Å². The van der Waals surface area contributed by atoms with Gasteiger partial charge in [-0.1, -0.05) is 0 Å². The second-order valence-electron chi connectivity index (χ2n) is 4.70. The first-order chi connectivity index (χ1) is 6.72. The van der Waals surface area contributed by atoms with E-state index in [0.29, 0.717) is 12.2 Å². The molecule has 1 saturated carbocycles. The molecule has 1 saturated heterocycles. The molecule has 3 heteroatoms. The van der Waals surface area contributed by atoms with Crippen LogP contribution in [0.4, 0.5) is 0 Å². The summed E-state index contributed by atoms with van der Waals surface area (Å²) in [5.41, 5.74) is 0.0278. The van der Waals surface area contributed by atoms with Crippen molar-refractivity contribution in [3.8, 4) is 0 Å². The van der Waals surface area contributed by atoms with Crippen molar-refractivity contribution in [1.82, 2.24) is 0 Å². The fraction of sp³-hybridized carbons (Fsp3) is 1.00. The summed E-state index contributed by atoms with van der Waals surface area (Å²) in [6.07, 6.45) is 5.42. The van der Waals surface area contributed by atoms with Crippen LogP contribution in [-0.4, -0.2) is 38.1 Å². The van der Waals surface area contributed by atoms with Gasteiger partial charge in [-0.3, -0.25) is 0 Å². The van der Waals surface area contributed by atoms with Gasteiger partial charge in [0.25, 0.3) is 0 Å². The molecule has 0 radical (unpaired) electrons. The van der Waals surface area contributed by atoms with E-state index in [1.807, 2.05) is 0 Å². The lowest BCUT2D eigenvalue weighted by Gasteiger charge is -2.28. The van der Waals surface area contributed by atoms with E-state index in [9.17, 15) is 0 Å². The van der Waals surface area contributed by atoms with E-state index in [-0.39, 0.29) is 5.60 Å². The van der Waals surface area contributed by atoms with Gasteiger partial charge in [0.05, 0.1) is 25.4 Å². The van der Waals surface area contributed by atoms with Gasteiger partial charge in [-0.2, -0.15) is 0 Å². The number of epoxide rings is 1. The summed E-state index contributed by atoms with van der Waals surface area (Å²) in [4.78, 5) is 0. The van der Waals surface area contributed by atoms with Crippen LogP contribution in [0.5, 0.6) is 0 Å². The maximum atomic E-state index is 5.84. The molecule has 0 aromatic carbocycles. The van der Waals surface area contributed by atoms with E-state index in [0.717, 1.165) is 19.6 Å². The van der Waals surface area contributed by atoms with Crippen LogP contribution in [0, 0.1) is 0 Å². The molecular weight excluding hydrogens is 180 g/mol. The number of ether oxygens (including phenoxy) is 3. The minimum Gasteiger partial charge on any atom is -0.381 e. The SMILES string of the molecule is COC1CCCC(OCC2(C)CO2)C1. The summed E-state index contributed by atoms with van der Waals surface area (Å²) in [5, 5.41) is 0. The van der Waals surface area contributed by atoms with E-state index >= 15 is 0 Å². The first-order valence-electron chi connectivity index (χ1n) is 5.50. The van der Waals surface area contributed by atoms with Crippen molar-refractivity contribution in [2.24, 2.45) is 0 Å². The normalized spacial score (nSPS) is 42.4. The average Bonchev–Trinajstić information content (AvgIpc) is 2.95. The van der Waals surface area contributed by atoms with Crippen molar-refractivity contribution in [2.75, 3.05) is 20.3 Å². The Hall–Kier alpha value is -0.120. The van der Waals surface area contributed by atoms with Gasteiger partial charge in [0.15, 0.2) is 0 Å². The van der Waals surface area contributed by atoms with Crippen LogP contribution in [0.25, 0.3) is 0 Å². The molecule has 3 unspecified atom stereocenters. The van der Waals surface area contributed by atoms with Gasteiger partial charge < -0.3 is 14.2 Å². The molecule has 1 aliphatic heterocycles. The Morgan fingerprint density at radius 2 is 2.07 bits per heavy atom. The van der Waals surface area contributed by atoms with Crippen molar-refractivity contribution >= 4 is 0 Å². The predicted octanol–water partition coefficient (Wildman–Crippen LogP) is 1.75. The lowest BCUT2D eigenvalue weighted by Crippen LogP contribution is -2.30. The highest BCUT2D eigenvalue weighted by atomic mass is 16.6. The maximum absolute atomic E-state index is 5.84. The summed E-state index contributed by atoms with van der Waals surface area (Å²) in [6.45, 7) is 3.70. The van der Waals surface area contributed by atoms with E-state index in [1.54, 1.807) is 7.11 Å². The number of rotatable bonds is 4. The summed E-state index contributed by atoms with van der Waals surface area (Å²) in [7, 11) is 1.79. The molecule has 2 fully saturated rings. The summed E-state index contributed by atoms with van der Waals surface area (Å²) >= 11 is 0. The standard InChI is InChI=1S/C11H20O3/c1-11(8-14-11)7-13-10-5-3-4-9(6-10)12-2/h9-10H,3-8H2,1-2H3. The van der Waals surface area contributed by atoms with Crippen LogP contribution in [0.1, 0.15) is 32.6 Å². The Labute approximate surface area is 85.7 Å². The molecule has 1 aliphatic carbocycles. The van der Waals surface area contributed by atoms with Gasteiger partial charge in [0, 0.05) is 7.11 Å². The first kappa shape index (κ1) is 10.4. The first-order valence-corrected chi connectivity index (χ1v) is 5.50. The average molecular weight is 200 g/mol. The third-order valence-corrected chi connectivity index (χ3v) is 3.17. The molecule has 0 N–H and O–H groups in total. The molecule has 0 spiro atoms. The highest BCUT2D eigenvalue weighted by Gasteiger charge is 2.40. The minimum atomic E-state index is 0.0278. The Balaban J connectivity index is 1.69. The van der Waals surface area contributed by atoms with Crippen molar-refractivity contribution in [1.29, 1.82) is 0 Å². The second-order valence-corrected chi connectivity index (χ2v) is 4.70. The maximum Gasteiger partial charge on any atom is 0.112 e. The molecule has 0 aromatic rings. The summed E-state index contributed by atoms with van der Waals surface area (Å²) in [5.74, 6) is 0. The zero-order valence-electron chi connectivity index (χ0n) is 9.12. The van der Waals surface area contributed by atoms with Crippen molar-refractivity contribution < 1.29 is 14.2 Å². The highest BCUT2D eigenvalue weighted by Crippen LogP contribution is 2.29. The van der Waals surface area contributed by atoms with E-state index in [2.05, 4.69) is 6.92 Å². The van der Waals surface area contributed by atoms with Crippen LogP contribution >= 0.6 is 0 Å². The van der Waals surface area contributed by atoms with Crippen LogP contribution < -0.4 is 0 Å². The van der Waals surface area contributed by atoms with Gasteiger partial charge in [-0.25, -0.2) is 0 Å². The molecular formula is C11H20O3. The molecule has 1 heterocycles. The number of hydrogen-bond acceptors (Lipinski definition) is 3. The van der Waals surface area contributed by atoms with Crippen molar-refractivity contribution in [2.45, 2.75) is 50.4 Å². The minimum absolute atomic E-state index is 0.0278. The molecule has 0 bridgehead atoms. The molecule has 14 heavy (non-hydrogen) atoms. The van der Waals surface area contributed by atoms with Gasteiger partial charge in [0.2, 0.25) is 0 Å². The third-order valence-electron chi connectivity index (χ3n) is 3.17. The quantitative estimate of drug-likeness (QED) is 0.648. The molecule has 3 atom stereocenters. The molecule has 2 rings (SSSR count). The molecule has 82 valence electrons. The van der Waals surface area contributed by atoms with Gasteiger partial charge in [0.1, 0.15) is 5.60 Å². The van der Waals surface area contributed by atoms with Crippen LogP contribution in [0.3, 0.4) is 0 Å². The third kappa shape index (κ3) is 2.69. The molecule has 0 amide bonds. The van der Waals surface area contributed by atoms with Gasteiger partial charge in [-0.05, 0) is 32.6 Å². The Morgan fingerprint density at radius 3 is 2.71 bits per heavy atom. The van der Waals surface area contributed by atoms with E-state index in [1.165, 1.54) is 19.3 Å².